The van der Waals surface area contributed by atoms with Gasteiger partial charge in [-0.2, -0.15) is 0 Å². The molecule has 0 radical (unpaired) electrons. The van der Waals surface area contributed by atoms with Gasteiger partial charge in [-0.15, -0.1) is 0 Å². The van der Waals surface area contributed by atoms with Crippen LogP contribution in [0.1, 0.15) is 29.0 Å². The molecule has 1 unspecified atom stereocenters. The Balaban J connectivity index is 2.27. The third-order valence-corrected chi connectivity index (χ3v) is 3.71. The van der Waals surface area contributed by atoms with E-state index in [4.69, 9.17) is 23.2 Å². The summed E-state index contributed by atoms with van der Waals surface area (Å²) in [6.07, 6.45) is 0. The van der Waals surface area contributed by atoms with Gasteiger partial charge in [0.05, 0.1) is 11.1 Å². The van der Waals surface area contributed by atoms with Crippen molar-refractivity contribution in [2.24, 2.45) is 0 Å². The maximum Gasteiger partial charge on any atom is 0.274 e. The summed E-state index contributed by atoms with van der Waals surface area (Å²) in [6, 6.07) is 12.8. The highest BCUT2D eigenvalue weighted by molar-refractivity contribution is 6.34. The molecule has 1 heterocycles. The first kappa shape index (κ1) is 14.8. The molecular weight excluding hydrogens is 295 g/mol. The minimum absolute atomic E-state index is 0.0828. The van der Waals surface area contributed by atoms with Gasteiger partial charge < -0.3 is 4.90 Å². The van der Waals surface area contributed by atoms with E-state index in [0.717, 1.165) is 5.56 Å². The molecule has 0 fully saturated rings. The second-order valence-corrected chi connectivity index (χ2v) is 5.26. The van der Waals surface area contributed by atoms with Crippen molar-refractivity contribution >= 4 is 29.1 Å². The number of aromatic nitrogens is 1. The number of carbonyl (C=O) groups excluding carboxylic acids is 1. The molecule has 0 bridgehead atoms. The van der Waals surface area contributed by atoms with Gasteiger partial charge in [0.25, 0.3) is 5.91 Å². The second kappa shape index (κ2) is 6.25. The zero-order chi connectivity index (χ0) is 14.7. The van der Waals surface area contributed by atoms with E-state index >= 15 is 0 Å². The summed E-state index contributed by atoms with van der Waals surface area (Å²) in [7, 11) is 1.72. The highest BCUT2D eigenvalue weighted by Gasteiger charge is 2.22. The van der Waals surface area contributed by atoms with Crippen LogP contribution in [0.15, 0.2) is 42.5 Å². The molecular formula is C15H14Cl2N2O. The summed E-state index contributed by atoms with van der Waals surface area (Å²) in [5.41, 5.74) is 1.21. The van der Waals surface area contributed by atoms with Gasteiger partial charge in [-0.05, 0) is 24.6 Å². The summed E-state index contributed by atoms with van der Waals surface area (Å²) in [4.78, 5) is 18.1. The molecule has 2 aromatic rings. The maximum absolute atomic E-state index is 12.5. The van der Waals surface area contributed by atoms with Crippen LogP contribution in [0.2, 0.25) is 10.2 Å². The van der Waals surface area contributed by atoms with Crippen molar-refractivity contribution in [1.82, 2.24) is 9.88 Å². The van der Waals surface area contributed by atoms with E-state index in [-0.39, 0.29) is 22.8 Å². The minimum atomic E-state index is -0.256. The molecule has 5 heteroatoms. The fraction of sp³-hybridized carbons (Fsp3) is 0.200. The zero-order valence-corrected chi connectivity index (χ0v) is 12.7. The number of hydrogen-bond donors (Lipinski definition) is 0. The number of rotatable bonds is 3. The van der Waals surface area contributed by atoms with E-state index < -0.39 is 0 Å². The summed E-state index contributed by atoms with van der Waals surface area (Å²) in [5, 5.41) is 0.546. The molecule has 2 rings (SSSR count). The standard InChI is InChI=1S/C15H14Cl2N2O/c1-10(11-6-4-3-5-7-11)19(2)15(20)14-12(16)8-9-13(17)18-14/h3-10H,1-2H3. The minimum Gasteiger partial charge on any atom is -0.334 e. The number of halogens is 2. The Kier molecular flexibility index (Phi) is 4.63. The third kappa shape index (κ3) is 3.11. The first-order valence-corrected chi connectivity index (χ1v) is 6.90. The fourth-order valence-corrected chi connectivity index (χ4v) is 2.20. The number of nitrogens with zero attached hydrogens (tertiary/aromatic N) is 2. The van der Waals surface area contributed by atoms with Crippen molar-refractivity contribution < 1.29 is 4.79 Å². The summed E-state index contributed by atoms with van der Waals surface area (Å²) in [5.74, 6) is -0.256. The topological polar surface area (TPSA) is 33.2 Å². The Morgan fingerprint density at radius 1 is 1.15 bits per heavy atom. The number of amides is 1. The van der Waals surface area contributed by atoms with Crippen molar-refractivity contribution in [3.05, 3.63) is 63.9 Å². The lowest BCUT2D eigenvalue weighted by molar-refractivity contribution is 0.0737. The SMILES string of the molecule is CC(c1ccccc1)N(C)C(=O)c1nc(Cl)ccc1Cl. The van der Waals surface area contributed by atoms with Crippen molar-refractivity contribution in [3.8, 4) is 0 Å². The molecule has 0 spiro atoms. The molecule has 20 heavy (non-hydrogen) atoms. The number of hydrogen-bond acceptors (Lipinski definition) is 2. The van der Waals surface area contributed by atoms with E-state index in [9.17, 15) is 4.79 Å². The lowest BCUT2D eigenvalue weighted by Gasteiger charge is -2.25. The molecule has 1 amide bonds. The summed E-state index contributed by atoms with van der Waals surface area (Å²) in [6.45, 7) is 1.95. The Morgan fingerprint density at radius 3 is 2.45 bits per heavy atom. The molecule has 0 saturated carbocycles. The first-order chi connectivity index (χ1) is 9.50. The molecule has 1 aromatic carbocycles. The van der Waals surface area contributed by atoms with Crippen molar-refractivity contribution in [1.29, 1.82) is 0 Å². The lowest BCUT2D eigenvalue weighted by atomic mass is 10.1. The van der Waals surface area contributed by atoms with Gasteiger partial charge in [-0.1, -0.05) is 53.5 Å². The molecule has 104 valence electrons. The molecule has 0 aliphatic heterocycles. The van der Waals surface area contributed by atoms with Crippen LogP contribution in [0, 0.1) is 0 Å². The highest BCUT2D eigenvalue weighted by atomic mass is 35.5. The molecule has 1 aromatic heterocycles. The normalized spacial score (nSPS) is 12.0. The highest BCUT2D eigenvalue weighted by Crippen LogP contribution is 2.23. The van der Waals surface area contributed by atoms with Crippen LogP contribution in [-0.4, -0.2) is 22.8 Å². The van der Waals surface area contributed by atoms with E-state index in [0.29, 0.717) is 5.02 Å². The van der Waals surface area contributed by atoms with Gasteiger partial charge in [0.15, 0.2) is 0 Å². The smallest absolute Gasteiger partial charge is 0.274 e. The zero-order valence-electron chi connectivity index (χ0n) is 11.2. The van der Waals surface area contributed by atoms with Crippen LogP contribution in [0.4, 0.5) is 0 Å². The Morgan fingerprint density at radius 2 is 1.80 bits per heavy atom. The van der Waals surface area contributed by atoms with Crippen LogP contribution in [0.3, 0.4) is 0 Å². The predicted octanol–water partition coefficient (Wildman–Crippen LogP) is 4.22. The first-order valence-electron chi connectivity index (χ1n) is 6.15. The van der Waals surface area contributed by atoms with Gasteiger partial charge >= 0.3 is 0 Å². The van der Waals surface area contributed by atoms with Crippen molar-refractivity contribution in [3.63, 3.8) is 0 Å². The quantitative estimate of drug-likeness (QED) is 0.795. The van der Waals surface area contributed by atoms with Gasteiger partial charge in [-0.25, -0.2) is 4.98 Å². The number of benzene rings is 1. The van der Waals surface area contributed by atoms with E-state index in [1.165, 1.54) is 0 Å². The van der Waals surface area contributed by atoms with Gasteiger partial charge in [0.2, 0.25) is 0 Å². The average molecular weight is 309 g/mol. The average Bonchev–Trinajstić information content (AvgIpc) is 2.48. The van der Waals surface area contributed by atoms with E-state index in [1.54, 1.807) is 24.1 Å². The summed E-state index contributed by atoms with van der Waals surface area (Å²) < 4.78 is 0. The maximum atomic E-state index is 12.5. The Bertz CT molecular complexity index is 617. The monoisotopic (exact) mass is 308 g/mol. The van der Waals surface area contributed by atoms with Gasteiger partial charge in [-0.3, -0.25) is 4.79 Å². The van der Waals surface area contributed by atoms with Gasteiger partial charge in [0, 0.05) is 7.05 Å². The van der Waals surface area contributed by atoms with Gasteiger partial charge in [0.1, 0.15) is 10.8 Å². The molecule has 0 aliphatic rings. The second-order valence-electron chi connectivity index (χ2n) is 4.47. The molecule has 3 nitrogen and oxygen atoms in total. The number of pyridine rings is 1. The molecule has 0 N–H and O–H groups in total. The Labute approximate surface area is 128 Å². The number of carbonyl (C=O) groups is 1. The van der Waals surface area contributed by atoms with E-state index in [2.05, 4.69) is 4.98 Å². The van der Waals surface area contributed by atoms with Crippen LogP contribution in [-0.2, 0) is 0 Å². The van der Waals surface area contributed by atoms with Crippen LogP contribution in [0.25, 0.3) is 0 Å². The van der Waals surface area contributed by atoms with Crippen LogP contribution >= 0.6 is 23.2 Å². The van der Waals surface area contributed by atoms with Crippen molar-refractivity contribution in [2.45, 2.75) is 13.0 Å². The molecule has 1 atom stereocenters. The molecule has 0 aliphatic carbocycles. The van der Waals surface area contributed by atoms with Crippen LogP contribution in [0.5, 0.6) is 0 Å². The lowest BCUT2D eigenvalue weighted by Crippen LogP contribution is -2.30. The Hall–Kier alpha value is -1.58. The van der Waals surface area contributed by atoms with E-state index in [1.807, 2.05) is 37.3 Å². The summed E-state index contributed by atoms with van der Waals surface area (Å²) >= 11 is 11.8. The van der Waals surface area contributed by atoms with Crippen LogP contribution < -0.4 is 0 Å². The molecule has 0 saturated heterocycles. The predicted molar refractivity (Wildman–Crippen MR) is 81.2 cm³/mol. The largest absolute Gasteiger partial charge is 0.334 e. The fourth-order valence-electron chi connectivity index (χ4n) is 1.87. The van der Waals surface area contributed by atoms with Crippen molar-refractivity contribution in [2.75, 3.05) is 7.05 Å². The third-order valence-electron chi connectivity index (χ3n) is 3.20.